The Morgan fingerprint density at radius 1 is 1.40 bits per heavy atom. The van der Waals surface area contributed by atoms with E-state index >= 15 is 0 Å². The first-order chi connectivity index (χ1) is 9.66. The van der Waals surface area contributed by atoms with Crippen LogP contribution in [0.3, 0.4) is 0 Å². The highest BCUT2D eigenvalue weighted by Gasteiger charge is 2.31. The van der Waals surface area contributed by atoms with Crippen molar-refractivity contribution in [3.8, 4) is 0 Å². The second-order valence-electron chi connectivity index (χ2n) is 4.91. The van der Waals surface area contributed by atoms with Gasteiger partial charge in [-0.15, -0.1) is 0 Å². The van der Waals surface area contributed by atoms with Crippen LogP contribution in [-0.2, 0) is 0 Å². The van der Waals surface area contributed by atoms with Crippen LogP contribution in [0.4, 0.5) is 0 Å². The van der Waals surface area contributed by atoms with Crippen LogP contribution in [0, 0.1) is 3.57 Å². The molecule has 0 aliphatic carbocycles. The second-order valence-corrected chi connectivity index (χ2v) is 6.48. The molecule has 1 saturated heterocycles. The van der Waals surface area contributed by atoms with Crippen LogP contribution in [0.5, 0.6) is 0 Å². The topological polar surface area (TPSA) is 36.1 Å². The molecule has 1 N–H and O–H groups in total. The molecule has 1 amide bonds. The van der Waals surface area contributed by atoms with Crippen LogP contribution in [0.25, 0.3) is 0 Å². The number of hydrogen-bond donors (Lipinski definition) is 1. The fourth-order valence-corrected chi connectivity index (χ4v) is 3.20. The molecule has 0 spiro atoms. The molecule has 3 rings (SSSR count). The molecule has 0 saturated carbocycles. The Hall–Kier alpha value is -1.01. The lowest BCUT2D eigenvalue weighted by Crippen LogP contribution is -2.30. The summed E-state index contributed by atoms with van der Waals surface area (Å²) in [5.74, 6) is 0.0559. The van der Waals surface area contributed by atoms with Gasteiger partial charge in [0.2, 0.25) is 0 Å². The van der Waals surface area contributed by atoms with Crippen LogP contribution in [0.1, 0.15) is 34.9 Å². The number of likely N-dealkylation sites (tertiary alicyclic amines) is 1. The van der Waals surface area contributed by atoms with Crippen molar-refractivity contribution in [3.63, 3.8) is 0 Å². The molecule has 0 bridgehead atoms. The fourth-order valence-electron chi connectivity index (χ4n) is 2.68. The van der Waals surface area contributed by atoms with Crippen molar-refractivity contribution in [3.05, 3.63) is 56.4 Å². The number of amides is 1. The van der Waals surface area contributed by atoms with Gasteiger partial charge in [-0.1, -0.05) is 11.6 Å². The third kappa shape index (κ3) is 2.59. The van der Waals surface area contributed by atoms with E-state index in [-0.39, 0.29) is 11.9 Å². The lowest BCUT2D eigenvalue weighted by atomic mass is 10.1. The molecular formula is C15H14ClIN2O. The van der Waals surface area contributed by atoms with Crippen LogP contribution in [0.15, 0.2) is 36.5 Å². The first-order valence-corrected chi connectivity index (χ1v) is 8.02. The number of carbonyl (C=O) groups excluding carboxylic acids is 1. The smallest absolute Gasteiger partial charge is 0.254 e. The Morgan fingerprint density at radius 2 is 2.25 bits per heavy atom. The standard InChI is InChI=1S/C15H14ClIN2O/c16-11-9-10(5-6-12(11)17)15(20)19-8-2-4-14(19)13-3-1-7-18-13/h1,3,5-7,9,14,18H,2,4,8H2. The van der Waals surface area contributed by atoms with E-state index in [1.165, 1.54) is 0 Å². The number of carbonyl (C=O) groups is 1. The number of aromatic nitrogens is 1. The highest BCUT2D eigenvalue weighted by Crippen LogP contribution is 2.32. The zero-order chi connectivity index (χ0) is 14.1. The van der Waals surface area contributed by atoms with Crippen LogP contribution >= 0.6 is 34.2 Å². The average Bonchev–Trinajstić information content (AvgIpc) is 3.10. The summed E-state index contributed by atoms with van der Waals surface area (Å²) in [4.78, 5) is 17.8. The number of aromatic amines is 1. The van der Waals surface area contributed by atoms with Crippen molar-refractivity contribution >= 4 is 40.1 Å². The zero-order valence-electron chi connectivity index (χ0n) is 10.8. The van der Waals surface area contributed by atoms with Gasteiger partial charge in [0, 0.05) is 27.6 Å². The minimum Gasteiger partial charge on any atom is -0.363 e. The van der Waals surface area contributed by atoms with Crippen LogP contribution < -0.4 is 0 Å². The molecule has 1 fully saturated rings. The molecule has 1 unspecified atom stereocenters. The number of nitrogens with one attached hydrogen (secondary N) is 1. The largest absolute Gasteiger partial charge is 0.363 e. The lowest BCUT2D eigenvalue weighted by Gasteiger charge is -2.24. The van der Waals surface area contributed by atoms with Gasteiger partial charge < -0.3 is 9.88 Å². The third-order valence-electron chi connectivity index (χ3n) is 3.66. The number of benzene rings is 1. The first kappa shape index (κ1) is 13.9. The number of H-pyrrole nitrogens is 1. The average molecular weight is 401 g/mol. The second kappa shape index (κ2) is 5.77. The molecule has 104 valence electrons. The lowest BCUT2D eigenvalue weighted by molar-refractivity contribution is 0.0733. The molecule has 3 nitrogen and oxygen atoms in total. The predicted octanol–water partition coefficient (Wildman–Crippen LogP) is 4.25. The molecule has 1 atom stereocenters. The minimum absolute atomic E-state index is 0.0559. The number of halogens is 2. The van der Waals surface area contributed by atoms with Gasteiger partial charge in [-0.25, -0.2) is 0 Å². The van der Waals surface area contributed by atoms with Gasteiger partial charge in [0.25, 0.3) is 5.91 Å². The van der Waals surface area contributed by atoms with Crippen molar-refractivity contribution in [2.45, 2.75) is 18.9 Å². The van der Waals surface area contributed by atoms with Gasteiger partial charge in [0.05, 0.1) is 11.1 Å². The molecule has 1 aromatic carbocycles. The highest BCUT2D eigenvalue weighted by atomic mass is 127. The maximum absolute atomic E-state index is 12.7. The maximum atomic E-state index is 12.7. The van der Waals surface area contributed by atoms with E-state index in [9.17, 15) is 4.79 Å². The van der Waals surface area contributed by atoms with E-state index < -0.39 is 0 Å². The highest BCUT2D eigenvalue weighted by molar-refractivity contribution is 14.1. The summed E-state index contributed by atoms with van der Waals surface area (Å²) >= 11 is 8.28. The fraction of sp³-hybridized carbons (Fsp3) is 0.267. The van der Waals surface area contributed by atoms with Gasteiger partial charge in [0.15, 0.2) is 0 Å². The molecule has 1 aliphatic heterocycles. The minimum atomic E-state index is 0.0559. The van der Waals surface area contributed by atoms with E-state index in [4.69, 9.17) is 11.6 Å². The SMILES string of the molecule is O=C(c1ccc(I)c(Cl)c1)N1CCCC1c1ccc[nH]1. The molecular weight excluding hydrogens is 387 g/mol. The molecule has 1 aliphatic rings. The molecule has 2 heterocycles. The van der Waals surface area contributed by atoms with Gasteiger partial charge >= 0.3 is 0 Å². The Morgan fingerprint density at radius 3 is 2.95 bits per heavy atom. The van der Waals surface area contributed by atoms with E-state index in [2.05, 4.69) is 27.6 Å². The quantitative estimate of drug-likeness (QED) is 0.752. The third-order valence-corrected chi connectivity index (χ3v) is 5.23. The predicted molar refractivity (Wildman–Crippen MR) is 88.0 cm³/mol. The van der Waals surface area contributed by atoms with E-state index in [1.807, 2.05) is 35.4 Å². The van der Waals surface area contributed by atoms with E-state index in [0.717, 1.165) is 28.7 Å². The number of nitrogens with zero attached hydrogens (tertiary/aromatic N) is 1. The van der Waals surface area contributed by atoms with Crippen LogP contribution in [0.2, 0.25) is 5.02 Å². The maximum Gasteiger partial charge on any atom is 0.254 e. The van der Waals surface area contributed by atoms with E-state index in [0.29, 0.717) is 10.6 Å². The van der Waals surface area contributed by atoms with Crippen LogP contribution in [-0.4, -0.2) is 22.3 Å². The normalized spacial score (nSPS) is 18.5. The summed E-state index contributed by atoms with van der Waals surface area (Å²) in [5.41, 5.74) is 1.77. The summed E-state index contributed by atoms with van der Waals surface area (Å²) in [6, 6.07) is 9.65. The van der Waals surface area contributed by atoms with Crippen molar-refractivity contribution in [2.24, 2.45) is 0 Å². The summed E-state index contributed by atoms with van der Waals surface area (Å²) in [7, 11) is 0. The Kier molecular flexibility index (Phi) is 4.03. The van der Waals surface area contributed by atoms with E-state index in [1.54, 1.807) is 6.07 Å². The zero-order valence-corrected chi connectivity index (χ0v) is 13.7. The molecule has 5 heteroatoms. The molecule has 20 heavy (non-hydrogen) atoms. The first-order valence-electron chi connectivity index (χ1n) is 6.56. The van der Waals surface area contributed by atoms with Gasteiger partial charge in [-0.05, 0) is 65.8 Å². The summed E-state index contributed by atoms with van der Waals surface area (Å²) in [6.45, 7) is 0.798. The van der Waals surface area contributed by atoms with Crippen molar-refractivity contribution < 1.29 is 4.79 Å². The monoisotopic (exact) mass is 400 g/mol. The van der Waals surface area contributed by atoms with Crippen molar-refractivity contribution in [1.82, 2.24) is 9.88 Å². The van der Waals surface area contributed by atoms with Crippen molar-refractivity contribution in [1.29, 1.82) is 0 Å². The Bertz CT molecular complexity index is 627. The number of rotatable bonds is 2. The summed E-state index contributed by atoms with van der Waals surface area (Å²) in [5, 5.41) is 0.632. The number of hydrogen-bond acceptors (Lipinski definition) is 1. The summed E-state index contributed by atoms with van der Waals surface area (Å²) < 4.78 is 0.961. The molecule has 2 aromatic rings. The van der Waals surface area contributed by atoms with Crippen molar-refractivity contribution in [2.75, 3.05) is 6.54 Å². The van der Waals surface area contributed by atoms with Gasteiger partial charge in [-0.2, -0.15) is 0 Å². The van der Waals surface area contributed by atoms with Gasteiger partial charge in [0.1, 0.15) is 0 Å². The Balaban J connectivity index is 1.87. The van der Waals surface area contributed by atoms with Gasteiger partial charge in [-0.3, -0.25) is 4.79 Å². The molecule has 0 radical (unpaired) electrons. The summed E-state index contributed by atoms with van der Waals surface area (Å²) in [6.07, 6.45) is 3.94. The Labute approximate surface area is 136 Å². The molecule has 1 aromatic heterocycles.